The van der Waals surface area contributed by atoms with E-state index in [0.29, 0.717) is 17.4 Å². The standard InChI is InChI=1S/C78H129NO8/c1-6-8-10-12-14-16-18-20-22-24-26-28-29-30-31-32-33-34-35-36-37-38-39-40-41-42-43-44-45-46-47-49-51-53-55-57-59-61-63-65-67-69-76(81)87-74(73-86-78(77(82)83)84-71-70-79(3,4)5)72-85-75(80)68-66-64-62-60-58-56-54-52-50-48-27-25-23-21-19-17-15-13-11-9-7-2/h8,10,14,16,19-22,25-28,30-31,33-34,36-37,39-40,42-43,50,52,74,78H,6-7,9,11-13,15,17-18,23-24,29,32,35,38,41,44-49,51,53-73H2,1-5H3/b10-8-,16-14-,21-19-,22-20-,27-25-,28-26-,31-30-,34-33-,37-36-,40-39-,43-42-,52-50-. The summed E-state index contributed by atoms with van der Waals surface area (Å²) in [4.78, 5) is 37.4. The van der Waals surface area contributed by atoms with Gasteiger partial charge in [0.15, 0.2) is 12.4 Å². The smallest absolute Gasteiger partial charge is 0.306 e. The lowest BCUT2D eigenvalue weighted by Gasteiger charge is -2.26. The van der Waals surface area contributed by atoms with E-state index in [1.54, 1.807) is 0 Å². The first-order valence-corrected chi connectivity index (χ1v) is 35.0. The van der Waals surface area contributed by atoms with E-state index in [2.05, 4.69) is 160 Å². The highest BCUT2D eigenvalue weighted by atomic mass is 16.7. The van der Waals surface area contributed by atoms with E-state index in [0.717, 1.165) is 122 Å². The van der Waals surface area contributed by atoms with Crippen molar-refractivity contribution in [2.75, 3.05) is 47.5 Å². The topological polar surface area (TPSA) is 111 Å². The van der Waals surface area contributed by atoms with E-state index in [9.17, 15) is 19.5 Å². The molecule has 0 aromatic carbocycles. The van der Waals surface area contributed by atoms with E-state index in [1.165, 1.54) is 116 Å². The lowest BCUT2D eigenvalue weighted by atomic mass is 10.0. The molecule has 0 aliphatic rings. The summed E-state index contributed by atoms with van der Waals surface area (Å²) < 4.78 is 22.8. The fraction of sp³-hybridized carbons (Fsp3) is 0.654. The van der Waals surface area contributed by atoms with Crippen molar-refractivity contribution in [3.05, 3.63) is 146 Å². The number of unbranched alkanes of at least 4 members (excludes halogenated alkanes) is 24. The first-order valence-electron chi connectivity index (χ1n) is 35.0. The number of carboxylic acids is 1. The number of carbonyl (C=O) groups is 3. The normalized spacial score (nSPS) is 13.6. The van der Waals surface area contributed by atoms with Crippen molar-refractivity contribution in [2.24, 2.45) is 0 Å². The number of nitrogens with zero attached hydrogens (tertiary/aromatic N) is 1. The number of ether oxygens (including phenoxy) is 4. The zero-order valence-electron chi connectivity index (χ0n) is 56.3. The minimum atomic E-state index is -1.63. The molecule has 2 atom stereocenters. The lowest BCUT2D eigenvalue weighted by molar-refractivity contribution is -0.870. The molecule has 494 valence electrons. The summed E-state index contributed by atoms with van der Waals surface area (Å²) in [5.74, 6) is -2.31. The molecular weight excluding hydrogens is 1080 g/mol. The zero-order valence-corrected chi connectivity index (χ0v) is 56.3. The fourth-order valence-electron chi connectivity index (χ4n) is 9.24. The van der Waals surface area contributed by atoms with Crippen LogP contribution in [0.4, 0.5) is 0 Å². The van der Waals surface area contributed by atoms with Crippen LogP contribution in [0.1, 0.15) is 271 Å². The molecule has 0 aliphatic heterocycles. The van der Waals surface area contributed by atoms with Crippen LogP contribution in [0.2, 0.25) is 0 Å². The van der Waals surface area contributed by atoms with Crippen LogP contribution in [-0.4, -0.2) is 82.3 Å². The van der Waals surface area contributed by atoms with Crippen LogP contribution in [0.15, 0.2) is 146 Å². The van der Waals surface area contributed by atoms with Crippen molar-refractivity contribution in [2.45, 2.75) is 283 Å². The highest BCUT2D eigenvalue weighted by Crippen LogP contribution is 2.16. The molecule has 0 amide bonds. The van der Waals surface area contributed by atoms with Gasteiger partial charge in [-0.2, -0.15) is 0 Å². The highest BCUT2D eigenvalue weighted by molar-refractivity contribution is 5.70. The van der Waals surface area contributed by atoms with Gasteiger partial charge in [0.25, 0.3) is 0 Å². The predicted molar refractivity (Wildman–Crippen MR) is 370 cm³/mol. The van der Waals surface area contributed by atoms with Crippen molar-refractivity contribution < 1.29 is 42.9 Å². The maximum absolute atomic E-state index is 12.9. The number of hydrogen-bond donors (Lipinski definition) is 0. The van der Waals surface area contributed by atoms with Crippen LogP contribution in [0.25, 0.3) is 0 Å². The van der Waals surface area contributed by atoms with Gasteiger partial charge in [-0.1, -0.05) is 282 Å². The molecule has 0 aromatic rings. The number of rotatable bonds is 63. The molecule has 87 heavy (non-hydrogen) atoms. The average molecular weight is 1210 g/mol. The SMILES string of the molecule is CC/C=C\C/C=C\C/C=C\C/C=C\C/C=C\C/C=C\C/C=C\C/C=C\C/C=C\CCCCCCCCCCCCCCCC(=O)OC(COC(=O)CCCCCCCC/C=C\C/C=C\C/C=C\CCCCCCC)COC(OCC[N+](C)(C)C)C(=O)[O-]. The Labute approximate surface area is 534 Å². The predicted octanol–water partition coefficient (Wildman–Crippen LogP) is 20.6. The lowest BCUT2D eigenvalue weighted by Crippen LogP contribution is -2.44. The molecule has 2 unspecified atom stereocenters. The van der Waals surface area contributed by atoms with Crippen molar-refractivity contribution in [3.8, 4) is 0 Å². The summed E-state index contributed by atoms with van der Waals surface area (Å²) in [6.45, 7) is 4.60. The van der Waals surface area contributed by atoms with Gasteiger partial charge in [0.1, 0.15) is 13.2 Å². The minimum Gasteiger partial charge on any atom is -0.545 e. The zero-order chi connectivity index (χ0) is 63.3. The average Bonchev–Trinajstić information content (AvgIpc) is 3.59. The Morgan fingerprint density at radius 3 is 0.977 bits per heavy atom. The van der Waals surface area contributed by atoms with Crippen LogP contribution in [-0.2, 0) is 33.3 Å². The molecule has 0 bridgehead atoms. The number of quaternary nitrogens is 1. The first-order chi connectivity index (χ1) is 42.6. The number of carbonyl (C=O) groups excluding carboxylic acids is 3. The minimum absolute atomic E-state index is 0.139. The van der Waals surface area contributed by atoms with Gasteiger partial charge in [0.05, 0.1) is 40.3 Å². The van der Waals surface area contributed by atoms with Crippen LogP contribution in [0.5, 0.6) is 0 Å². The number of likely N-dealkylation sites (N-methyl/N-ethyl adjacent to an activating group) is 1. The third-order valence-corrected chi connectivity index (χ3v) is 14.6. The molecule has 0 aromatic heterocycles. The Morgan fingerprint density at radius 1 is 0.356 bits per heavy atom. The quantitative estimate of drug-likeness (QED) is 0.0195. The van der Waals surface area contributed by atoms with Gasteiger partial charge < -0.3 is 33.3 Å². The Kier molecular flexibility index (Phi) is 63.4. The molecule has 0 heterocycles. The Balaban J connectivity index is 4.13. The van der Waals surface area contributed by atoms with E-state index < -0.39 is 24.3 Å². The van der Waals surface area contributed by atoms with Crippen LogP contribution < -0.4 is 5.11 Å². The molecule has 9 nitrogen and oxygen atoms in total. The highest BCUT2D eigenvalue weighted by Gasteiger charge is 2.22. The second-order valence-corrected chi connectivity index (χ2v) is 24.1. The summed E-state index contributed by atoms with van der Waals surface area (Å²) in [5, 5.41) is 11.8. The van der Waals surface area contributed by atoms with E-state index in [1.807, 2.05) is 21.1 Å². The first kappa shape index (κ1) is 82.2. The van der Waals surface area contributed by atoms with Gasteiger partial charge in [0, 0.05) is 12.8 Å². The maximum Gasteiger partial charge on any atom is 0.306 e. The second-order valence-electron chi connectivity index (χ2n) is 24.1. The molecule has 0 fully saturated rings. The number of aliphatic carboxylic acids is 1. The third kappa shape index (κ3) is 68.5. The van der Waals surface area contributed by atoms with Crippen LogP contribution in [0, 0.1) is 0 Å². The Hall–Kier alpha value is -4.83. The summed E-state index contributed by atoms with van der Waals surface area (Å²) in [6.07, 6.45) is 94.9. The molecule has 0 radical (unpaired) electrons. The van der Waals surface area contributed by atoms with Crippen molar-refractivity contribution in [1.82, 2.24) is 0 Å². The van der Waals surface area contributed by atoms with Crippen molar-refractivity contribution in [3.63, 3.8) is 0 Å². The van der Waals surface area contributed by atoms with Gasteiger partial charge in [-0.25, -0.2) is 0 Å². The van der Waals surface area contributed by atoms with Crippen LogP contribution >= 0.6 is 0 Å². The Bertz CT molecular complexity index is 1940. The monoisotopic (exact) mass is 1210 g/mol. The number of esters is 2. The Morgan fingerprint density at radius 2 is 0.655 bits per heavy atom. The summed E-state index contributed by atoms with van der Waals surface area (Å²) in [5.41, 5.74) is 0. The molecular formula is C78H129NO8. The second kappa shape index (κ2) is 67.1. The van der Waals surface area contributed by atoms with Gasteiger partial charge in [-0.05, 0) is 122 Å². The molecule has 0 saturated carbocycles. The molecule has 0 N–H and O–H groups in total. The van der Waals surface area contributed by atoms with Gasteiger partial charge >= 0.3 is 11.9 Å². The van der Waals surface area contributed by atoms with Crippen molar-refractivity contribution >= 4 is 17.9 Å². The van der Waals surface area contributed by atoms with Crippen molar-refractivity contribution in [1.29, 1.82) is 0 Å². The van der Waals surface area contributed by atoms with Gasteiger partial charge in [-0.15, -0.1) is 0 Å². The van der Waals surface area contributed by atoms with Crippen LogP contribution in [0.3, 0.4) is 0 Å². The summed E-state index contributed by atoms with van der Waals surface area (Å²) in [6, 6.07) is 0. The number of hydrogen-bond acceptors (Lipinski definition) is 8. The van der Waals surface area contributed by atoms with E-state index >= 15 is 0 Å². The molecule has 9 heteroatoms. The largest absolute Gasteiger partial charge is 0.545 e. The third-order valence-electron chi connectivity index (χ3n) is 14.6. The molecule has 0 spiro atoms. The van der Waals surface area contributed by atoms with E-state index in [4.69, 9.17) is 18.9 Å². The molecule has 0 aliphatic carbocycles. The molecule has 0 rings (SSSR count). The van der Waals surface area contributed by atoms with Gasteiger partial charge in [-0.3, -0.25) is 9.59 Å². The van der Waals surface area contributed by atoms with Gasteiger partial charge in [0.2, 0.25) is 0 Å². The van der Waals surface area contributed by atoms with E-state index in [-0.39, 0.29) is 38.6 Å². The summed E-state index contributed by atoms with van der Waals surface area (Å²) in [7, 11) is 5.92. The summed E-state index contributed by atoms with van der Waals surface area (Å²) >= 11 is 0. The number of carboxylic acid groups (broad SMARTS) is 1. The maximum atomic E-state index is 12.9. The fourth-order valence-corrected chi connectivity index (χ4v) is 9.24. The molecule has 0 saturated heterocycles. The number of allylic oxidation sites excluding steroid dienone is 24.